The Morgan fingerprint density at radius 1 is 1.39 bits per heavy atom. The summed E-state index contributed by atoms with van der Waals surface area (Å²) < 4.78 is 4.98. The summed E-state index contributed by atoms with van der Waals surface area (Å²) in [6.07, 6.45) is 1.49. The van der Waals surface area contributed by atoms with Gasteiger partial charge in [-0.2, -0.15) is 5.10 Å². The van der Waals surface area contributed by atoms with Crippen LogP contribution in [0.25, 0.3) is 11.0 Å². The number of hydrogen-bond donors (Lipinski definition) is 3. The molecule has 118 valence electrons. The summed E-state index contributed by atoms with van der Waals surface area (Å²) in [6, 6.07) is 6.74. The van der Waals surface area contributed by atoms with Crippen molar-refractivity contribution in [3.8, 4) is 11.5 Å². The number of H-pyrrole nitrogens is 1. The van der Waals surface area contributed by atoms with Gasteiger partial charge in [0.25, 0.3) is 5.91 Å². The van der Waals surface area contributed by atoms with Gasteiger partial charge in [0, 0.05) is 23.8 Å². The van der Waals surface area contributed by atoms with Crippen molar-refractivity contribution < 1.29 is 14.6 Å². The third kappa shape index (κ3) is 2.94. The number of amides is 1. The molecule has 0 bridgehead atoms. The maximum absolute atomic E-state index is 12.2. The number of aromatic nitrogens is 3. The Bertz CT molecular complexity index is 873. The standard InChI is InChI=1S/C16H16N4O3/c1-9-12-6-11(8-17-15(12)20-19-9)16(22)18-7-10-3-4-14(23-2)13(21)5-10/h3-6,8,21H,7H2,1-2H3,(H,18,22)(H,17,19,20). The topological polar surface area (TPSA) is 100 Å². The van der Waals surface area contributed by atoms with Crippen molar-refractivity contribution in [2.75, 3.05) is 7.11 Å². The van der Waals surface area contributed by atoms with Crippen LogP contribution in [-0.2, 0) is 6.54 Å². The second-order valence-corrected chi connectivity index (χ2v) is 5.13. The lowest BCUT2D eigenvalue weighted by Crippen LogP contribution is -2.22. The van der Waals surface area contributed by atoms with Crippen LogP contribution >= 0.6 is 0 Å². The van der Waals surface area contributed by atoms with Crippen LogP contribution in [0, 0.1) is 6.92 Å². The largest absolute Gasteiger partial charge is 0.504 e. The highest BCUT2D eigenvalue weighted by Gasteiger charge is 2.10. The van der Waals surface area contributed by atoms with Crippen molar-refractivity contribution in [1.29, 1.82) is 0 Å². The number of aromatic hydroxyl groups is 1. The highest BCUT2D eigenvalue weighted by atomic mass is 16.5. The molecule has 2 heterocycles. The Balaban J connectivity index is 1.73. The molecule has 0 fully saturated rings. The fourth-order valence-electron chi connectivity index (χ4n) is 2.27. The number of carbonyl (C=O) groups excluding carboxylic acids is 1. The molecule has 3 aromatic rings. The summed E-state index contributed by atoms with van der Waals surface area (Å²) in [5.41, 5.74) is 2.67. The molecule has 0 saturated carbocycles. The van der Waals surface area contributed by atoms with Gasteiger partial charge in [0.15, 0.2) is 17.1 Å². The van der Waals surface area contributed by atoms with Crippen molar-refractivity contribution >= 4 is 16.9 Å². The molecule has 0 aliphatic carbocycles. The maximum atomic E-state index is 12.2. The van der Waals surface area contributed by atoms with E-state index in [1.165, 1.54) is 13.3 Å². The molecule has 7 nitrogen and oxygen atoms in total. The van der Waals surface area contributed by atoms with E-state index in [2.05, 4.69) is 20.5 Å². The number of aromatic amines is 1. The molecule has 0 unspecified atom stereocenters. The number of carbonyl (C=O) groups is 1. The molecule has 1 aromatic carbocycles. The van der Waals surface area contributed by atoms with Crippen LogP contribution in [0.5, 0.6) is 11.5 Å². The van der Waals surface area contributed by atoms with E-state index in [0.717, 1.165) is 16.6 Å². The predicted octanol–water partition coefficient (Wildman–Crippen LogP) is 1.91. The van der Waals surface area contributed by atoms with Crippen molar-refractivity contribution in [2.45, 2.75) is 13.5 Å². The van der Waals surface area contributed by atoms with E-state index >= 15 is 0 Å². The SMILES string of the molecule is COc1ccc(CNC(=O)c2cnc3n[nH]c(C)c3c2)cc1O. The zero-order valence-electron chi connectivity index (χ0n) is 12.8. The van der Waals surface area contributed by atoms with Gasteiger partial charge in [0.1, 0.15) is 0 Å². The number of rotatable bonds is 4. The van der Waals surface area contributed by atoms with Crippen LogP contribution < -0.4 is 10.1 Å². The molecule has 0 aliphatic rings. The lowest BCUT2D eigenvalue weighted by atomic mass is 10.1. The van der Waals surface area contributed by atoms with Crippen LogP contribution in [0.3, 0.4) is 0 Å². The molecular formula is C16H16N4O3. The number of methoxy groups -OCH3 is 1. The number of nitrogens with one attached hydrogen (secondary N) is 2. The first-order valence-electron chi connectivity index (χ1n) is 7.03. The van der Waals surface area contributed by atoms with E-state index < -0.39 is 0 Å². The predicted molar refractivity (Wildman–Crippen MR) is 84.5 cm³/mol. The first-order chi connectivity index (χ1) is 11.1. The molecule has 1 amide bonds. The molecule has 0 atom stereocenters. The Labute approximate surface area is 132 Å². The van der Waals surface area contributed by atoms with Crippen molar-refractivity contribution in [3.63, 3.8) is 0 Å². The molecule has 0 aliphatic heterocycles. The van der Waals surface area contributed by atoms with Gasteiger partial charge in [0.2, 0.25) is 0 Å². The van der Waals surface area contributed by atoms with Gasteiger partial charge in [-0.05, 0) is 30.7 Å². The Morgan fingerprint density at radius 3 is 2.96 bits per heavy atom. The molecular weight excluding hydrogens is 296 g/mol. The van der Waals surface area contributed by atoms with Crippen molar-refractivity contribution in [2.24, 2.45) is 0 Å². The van der Waals surface area contributed by atoms with E-state index in [1.54, 1.807) is 24.3 Å². The van der Waals surface area contributed by atoms with Crippen LogP contribution in [0.1, 0.15) is 21.6 Å². The van der Waals surface area contributed by atoms with E-state index in [-0.39, 0.29) is 11.7 Å². The number of phenolic OH excluding ortho intramolecular Hbond substituents is 1. The first kappa shape index (κ1) is 14.8. The summed E-state index contributed by atoms with van der Waals surface area (Å²) in [5, 5.41) is 20.2. The van der Waals surface area contributed by atoms with E-state index in [1.807, 2.05) is 6.92 Å². The van der Waals surface area contributed by atoms with Gasteiger partial charge in [-0.15, -0.1) is 0 Å². The molecule has 3 rings (SSSR count). The highest BCUT2D eigenvalue weighted by Crippen LogP contribution is 2.26. The van der Waals surface area contributed by atoms with E-state index in [4.69, 9.17) is 4.74 Å². The number of pyridine rings is 1. The average Bonchev–Trinajstić information content (AvgIpc) is 2.93. The Kier molecular flexibility index (Phi) is 3.84. The van der Waals surface area contributed by atoms with Crippen molar-refractivity contribution in [1.82, 2.24) is 20.5 Å². The van der Waals surface area contributed by atoms with Gasteiger partial charge in [-0.25, -0.2) is 4.98 Å². The van der Waals surface area contributed by atoms with Crippen LogP contribution in [-0.4, -0.2) is 33.3 Å². The monoisotopic (exact) mass is 312 g/mol. The molecule has 3 N–H and O–H groups in total. The number of ether oxygens (including phenoxy) is 1. The van der Waals surface area contributed by atoms with Gasteiger partial charge >= 0.3 is 0 Å². The quantitative estimate of drug-likeness (QED) is 0.683. The summed E-state index contributed by atoms with van der Waals surface area (Å²) >= 11 is 0. The fraction of sp³-hybridized carbons (Fsp3) is 0.188. The summed E-state index contributed by atoms with van der Waals surface area (Å²) in [5.74, 6) is 0.192. The minimum absolute atomic E-state index is 0.0383. The minimum Gasteiger partial charge on any atom is -0.504 e. The normalized spacial score (nSPS) is 10.7. The van der Waals surface area contributed by atoms with Crippen LogP contribution in [0.4, 0.5) is 0 Å². The average molecular weight is 312 g/mol. The number of aryl methyl sites for hydroxylation is 1. The zero-order chi connectivity index (χ0) is 16.4. The third-order valence-electron chi connectivity index (χ3n) is 3.56. The summed E-state index contributed by atoms with van der Waals surface area (Å²) in [6.45, 7) is 2.16. The van der Waals surface area contributed by atoms with Crippen LogP contribution in [0.2, 0.25) is 0 Å². The molecule has 0 radical (unpaired) electrons. The lowest BCUT2D eigenvalue weighted by Gasteiger charge is -2.08. The van der Waals surface area contributed by atoms with Gasteiger partial charge < -0.3 is 15.2 Å². The van der Waals surface area contributed by atoms with Crippen LogP contribution in [0.15, 0.2) is 30.5 Å². The summed E-state index contributed by atoms with van der Waals surface area (Å²) in [7, 11) is 1.48. The molecule has 0 saturated heterocycles. The number of benzene rings is 1. The summed E-state index contributed by atoms with van der Waals surface area (Å²) in [4.78, 5) is 16.4. The van der Waals surface area contributed by atoms with Crippen molar-refractivity contribution in [3.05, 3.63) is 47.3 Å². The third-order valence-corrected chi connectivity index (χ3v) is 3.56. The Morgan fingerprint density at radius 2 is 2.22 bits per heavy atom. The molecule has 2 aromatic heterocycles. The molecule has 7 heteroatoms. The van der Waals surface area contributed by atoms with E-state index in [9.17, 15) is 9.90 Å². The van der Waals surface area contributed by atoms with Gasteiger partial charge in [-0.3, -0.25) is 9.89 Å². The second kappa shape index (κ2) is 5.96. The number of nitrogens with zero attached hydrogens (tertiary/aromatic N) is 2. The Hall–Kier alpha value is -3.09. The second-order valence-electron chi connectivity index (χ2n) is 5.13. The minimum atomic E-state index is -0.240. The van der Waals surface area contributed by atoms with Gasteiger partial charge in [-0.1, -0.05) is 6.07 Å². The number of hydrogen-bond acceptors (Lipinski definition) is 5. The highest BCUT2D eigenvalue weighted by molar-refractivity contribution is 5.97. The smallest absolute Gasteiger partial charge is 0.253 e. The molecule has 0 spiro atoms. The number of phenols is 1. The van der Waals surface area contributed by atoms with E-state index in [0.29, 0.717) is 23.5 Å². The first-order valence-corrected chi connectivity index (χ1v) is 7.03. The lowest BCUT2D eigenvalue weighted by molar-refractivity contribution is 0.0950. The molecule has 23 heavy (non-hydrogen) atoms. The maximum Gasteiger partial charge on any atom is 0.253 e. The zero-order valence-corrected chi connectivity index (χ0v) is 12.8. The number of fused-ring (bicyclic) bond motifs is 1. The van der Waals surface area contributed by atoms with Gasteiger partial charge in [0.05, 0.1) is 12.7 Å². The fourth-order valence-corrected chi connectivity index (χ4v) is 2.27.